The van der Waals surface area contributed by atoms with E-state index in [-0.39, 0.29) is 23.9 Å². The van der Waals surface area contributed by atoms with Gasteiger partial charge in [-0.15, -0.1) is 0 Å². The average molecular weight is 305 g/mol. The number of halogens is 1. The molecule has 0 bridgehead atoms. The molecule has 0 N–H and O–H groups in total. The second-order valence-electron chi connectivity index (χ2n) is 6.10. The third kappa shape index (κ3) is 1.93. The second-order valence-corrected chi connectivity index (χ2v) is 6.54. The number of hydrogen-bond donors (Lipinski definition) is 0. The zero-order valence-corrected chi connectivity index (χ0v) is 12.4. The van der Waals surface area contributed by atoms with Gasteiger partial charge in [-0.1, -0.05) is 23.7 Å². The van der Waals surface area contributed by atoms with Crippen LogP contribution in [0.15, 0.2) is 24.3 Å². The summed E-state index contributed by atoms with van der Waals surface area (Å²) in [7, 11) is 0. The van der Waals surface area contributed by atoms with Crippen molar-refractivity contribution in [1.82, 2.24) is 10.0 Å². The molecule has 110 valence electrons. The van der Waals surface area contributed by atoms with Crippen molar-refractivity contribution in [3.05, 3.63) is 34.9 Å². The van der Waals surface area contributed by atoms with E-state index in [1.165, 1.54) is 0 Å². The largest absolute Gasteiger partial charge is 0.299 e. The van der Waals surface area contributed by atoms with E-state index in [1.54, 1.807) is 0 Å². The maximum Gasteiger partial charge on any atom is 0.238 e. The van der Waals surface area contributed by atoms with Gasteiger partial charge in [0.05, 0.1) is 18.0 Å². The Kier molecular flexibility index (Phi) is 3.05. The summed E-state index contributed by atoms with van der Waals surface area (Å²) in [5, 5.41) is 4.65. The molecule has 1 aromatic rings. The number of Topliss-reactive ketones (excluding diaryl/α,β-unsaturated/α-hetero) is 1. The molecule has 4 rings (SSSR count). The van der Waals surface area contributed by atoms with Crippen molar-refractivity contribution in [3.8, 4) is 0 Å². The lowest BCUT2D eigenvalue weighted by atomic mass is 9.78. The van der Waals surface area contributed by atoms with Crippen LogP contribution in [0.1, 0.15) is 37.3 Å². The molecule has 1 amide bonds. The van der Waals surface area contributed by atoms with Gasteiger partial charge in [0.1, 0.15) is 5.78 Å². The molecule has 0 radical (unpaired) electrons. The fourth-order valence-corrected chi connectivity index (χ4v) is 4.39. The van der Waals surface area contributed by atoms with Crippen molar-refractivity contribution in [2.24, 2.45) is 5.92 Å². The highest BCUT2D eigenvalue weighted by atomic mass is 35.5. The van der Waals surface area contributed by atoms with Crippen LogP contribution >= 0.6 is 11.6 Å². The van der Waals surface area contributed by atoms with E-state index < -0.39 is 0 Å². The van der Waals surface area contributed by atoms with Gasteiger partial charge in [0.2, 0.25) is 5.91 Å². The van der Waals surface area contributed by atoms with Crippen LogP contribution in [0.4, 0.5) is 0 Å². The fourth-order valence-electron chi connectivity index (χ4n) is 4.19. The predicted octanol–water partition coefficient (Wildman–Crippen LogP) is 2.58. The molecule has 4 nitrogen and oxygen atoms in total. The minimum atomic E-state index is -0.0959. The number of amides is 1. The smallest absolute Gasteiger partial charge is 0.238 e. The van der Waals surface area contributed by atoms with Gasteiger partial charge in [-0.3, -0.25) is 14.6 Å². The fraction of sp³-hybridized carbons (Fsp3) is 0.500. The van der Waals surface area contributed by atoms with Crippen LogP contribution in [0.3, 0.4) is 0 Å². The van der Waals surface area contributed by atoms with Crippen LogP contribution in [0, 0.1) is 5.92 Å². The number of carbonyl (C=O) groups is 2. The Morgan fingerprint density at radius 1 is 1.19 bits per heavy atom. The summed E-state index contributed by atoms with van der Waals surface area (Å²) >= 11 is 6.12. The summed E-state index contributed by atoms with van der Waals surface area (Å²) in [5.41, 5.74) is 1.05. The van der Waals surface area contributed by atoms with E-state index in [2.05, 4.69) is 5.01 Å². The van der Waals surface area contributed by atoms with Gasteiger partial charge in [-0.05, 0) is 30.5 Å². The molecule has 1 saturated carbocycles. The Balaban J connectivity index is 1.80. The van der Waals surface area contributed by atoms with E-state index in [0.29, 0.717) is 30.2 Å². The summed E-state index contributed by atoms with van der Waals surface area (Å²) in [6, 6.07) is 7.71. The van der Waals surface area contributed by atoms with Crippen molar-refractivity contribution in [3.63, 3.8) is 0 Å². The summed E-state index contributed by atoms with van der Waals surface area (Å²) in [6.45, 7) is 0.705. The number of ketones is 1. The SMILES string of the molecule is O=C1CCC[C@@H]2[C@H]1[C@@H](c1cccc(Cl)c1)N1CCC(=O)N21. The normalized spacial score (nSPS) is 32.4. The molecule has 3 aliphatic rings. The van der Waals surface area contributed by atoms with E-state index >= 15 is 0 Å². The van der Waals surface area contributed by atoms with Gasteiger partial charge in [0, 0.05) is 24.4 Å². The number of carbonyl (C=O) groups excluding carboxylic acids is 2. The maximum absolute atomic E-state index is 12.5. The van der Waals surface area contributed by atoms with Crippen LogP contribution < -0.4 is 0 Å². The Labute approximate surface area is 128 Å². The molecular formula is C16H17ClN2O2. The molecule has 21 heavy (non-hydrogen) atoms. The summed E-state index contributed by atoms with van der Waals surface area (Å²) < 4.78 is 0. The Morgan fingerprint density at radius 2 is 2.05 bits per heavy atom. The zero-order valence-electron chi connectivity index (χ0n) is 11.7. The Bertz CT molecular complexity index is 618. The molecule has 1 aliphatic carbocycles. The second kappa shape index (κ2) is 4.82. The van der Waals surface area contributed by atoms with Gasteiger partial charge in [-0.25, -0.2) is 5.01 Å². The van der Waals surface area contributed by atoms with Crippen molar-refractivity contribution in [2.45, 2.75) is 37.8 Å². The first-order valence-corrected chi connectivity index (χ1v) is 7.91. The molecule has 3 fully saturated rings. The topological polar surface area (TPSA) is 40.6 Å². The van der Waals surface area contributed by atoms with Crippen molar-refractivity contribution < 1.29 is 9.59 Å². The number of fused-ring (bicyclic) bond motifs is 3. The van der Waals surface area contributed by atoms with E-state index in [1.807, 2.05) is 29.3 Å². The monoisotopic (exact) mass is 304 g/mol. The molecule has 2 heterocycles. The minimum absolute atomic E-state index is 0.0343. The number of rotatable bonds is 1. The molecule has 3 atom stereocenters. The summed E-state index contributed by atoms with van der Waals surface area (Å²) in [4.78, 5) is 24.7. The van der Waals surface area contributed by atoms with E-state index in [4.69, 9.17) is 11.6 Å². The molecule has 0 aromatic heterocycles. The highest BCUT2D eigenvalue weighted by molar-refractivity contribution is 6.30. The molecular weight excluding hydrogens is 288 g/mol. The van der Waals surface area contributed by atoms with Crippen LogP contribution in [0.5, 0.6) is 0 Å². The first-order valence-electron chi connectivity index (χ1n) is 7.53. The molecule has 2 saturated heterocycles. The highest BCUT2D eigenvalue weighted by Gasteiger charge is 2.55. The first kappa shape index (κ1) is 13.3. The van der Waals surface area contributed by atoms with Gasteiger partial charge in [0.15, 0.2) is 0 Å². The van der Waals surface area contributed by atoms with Gasteiger partial charge in [-0.2, -0.15) is 0 Å². The van der Waals surface area contributed by atoms with Crippen LogP contribution in [0.25, 0.3) is 0 Å². The maximum atomic E-state index is 12.5. The molecule has 5 heteroatoms. The molecule has 1 aromatic carbocycles. The molecule has 2 aliphatic heterocycles. The highest BCUT2D eigenvalue weighted by Crippen LogP contribution is 2.48. The first-order chi connectivity index (χ1) is 10.2. The van der Waals surface area contributed by atoms with Crippen LogP contribution in [-0.4, -0.2) is 34.3 Å². The molecule has 0 unspecified atom stereocenters. The number of benzene rings is 1. The number of hydrazine groups is 1. The Morgan fingerprint density at radius 3 is 2.86 bits per heavy atom. The van der Waals surface area contributed by atoms with Crippen LogP contribution in [0.2, 0.25) is 5.02 Å². The average Bonchev–Trinajstić information content (AvgIpc) is 2.98. The van der Waals surface area contributed by atoms with Crippen molar-refractivity contribution in [1.29, 1.82) is 0 Å². The summed E-state index contributed by atoms with van der Waals surface area (Å²) in [6.07, 6.45) is 3.00. The third-order valence-corrected chi connectivity index (χ3v) is 5.20. The lowest BCUT2D eigenvalue weighted by molar-refractivity contribution is -0.139. The number of hydrogen-bond acceptors (Lipinski definition) is 3. The minimum Gasteiger partial charge on any atom is -0.299 e. The predicted molar refractivity (Wildman–Crippen MR) is 78.5 cm³/mol. The Hall–Kier alpha value is -1.39. The lowest BCUT2D eigenvalue weighted by Gasteiger charge is -2.29. The van der Waals surface area contributed by atoms with E-state index in [9.17, 15) is 9.59 Å². The van der Waals surface area contributed by atoms with Crippen LogP contribution in [-0.2, 0) is 9.59 Å². The quantitative estimate of drug-likeness (QED) is 0.800. The van der Waals surface area contributed by atoms with E-state index in [0.717, 1.165) is 18.4 Å². The van der Waals surface area contributed by atoms with Gasteiger partial charge >= 0.3 is 0 Å². The standard InChI is InChI=1S/C16H17ClN2O2/c17-11-4-1-3-10(9-11)16-15-12(5-2-6-13(15)20)19-14(21)7-8-18(16)19/h1,3-4,9,12,15-16H,2,5-8H2/t12-,15-,16-/m1/s1. The number of nitrogens with zero attached hydrogens (tertiary/aromatic N) is 2. The van der Waals surface area contributed by atoms with Gasteiger partial charge < -0.3 is 0 Å². The zero-order chi connectivity index (χ0) is 14.6. The lowest BCUT2D eigenvalue weighted by Crippen LogP contribution is -2.42. The molecule has 0 spiro atoms. The van der Waals surface area contributed by atoms with Crippen molar-refractivity contribution in [2.75, 3.05) is 6.54 Å². The van der Waals surface area contributed by atoms with Crippen molar-refractivity contribution >= 4 is 23.3 Å². The van der Waals surface area contributed by atoms with Gasteiger partial charge in [0.25, 0.3) is 0 Å². The summed E-state index contributed by atoms with van der Waals surface area (Å²) in [5.74, 6) is 0.351. The third-order valence-electron chi connectivity index (χ3n) is 4.96.